The lowest BCUT2D eigenvalue weighted by atomic mass is 9.90. The third kappa shape index (κ3) is 3.98. The number of hydrogen-bond acceptors (Lipinski definition) is 6. The third-order valence-electron chi connectivity index (χ3n) is 5.07. The van der Waals surface area contributed by atoms with Crippen molar-refractivity contribution < 1.29 is 19.2 Å². The summed E-state index contributed by atoms with van der Waals surface area (Å²) in [6, 6.07) is 12.8. The van der Waals surface area contributed by atoms with E-state index in [1.807, 2.05) is 24.3 Å². The zero-order chi connectivity index (χ0) is 21.1. The van der Waals surface area contributed by atoms with Crippen LogP contribution in [0.2, 0.25) is 0 Å². The van der Waals surface area contributed by atoms with Gasteiger partial charge in [-0.15, -0.1) is 0 Å². The number of nitro groups is 1. The van der Waals surface area contributed by atoms with Crippen LogP contribution in [0.5, 0.6) is 0 Å². The highest BCUT2D eigenvalue weighted by atomic mass is 16.6. The fraction of sp³-hybridized carbons (Fsp3) is 0.227. The summed E-state index contributed by atoms with van der Waals surface area (Å²) in [5.41, 5.74) is 3.35. The van der Waals surface area contributed by atoms with E-state index in [1.165, 1.54) is 24.3 Å². The molecule has 0 saturated heterocycles. The van der Waals surface area contributed by atoms with Crippen LogP contribution in [-0.2, 0) is 22.4 Å². The van der Waals surface area contributed by atoms with Crippen LogP contribution in [0.25, 0.3) is 10.9 Å². The van der Waals surface area contributed by atoms with Crippen LogP contribution in [0.15, 0.2) is 48.5 Å². The van der Waals surface area contributed by atoms with Crippen LogP contribution in [0.1, 0.15) is 34.5 Å². The standard InChI is InChI=1S/C22H19N3O5/c26-20(23-14-9-11-15(12-10-14)25(28)29)13-30-22(27)21-16-5-1-3-7-18(16)24-19-8-4-2-6-17(19)21/h1,3,5,7,9-12H,2,4,6,8,13H2,(H,23,26). The number of ether oxygens (including phenoxy) is 1. The fourth-order valence-electron chi connectivity index (χ4n) is 3.67. The van der Waals surface area contributed by atoms with Gasteiger partial charge in [-0.3, -0.25) is 19.9 Å². The number of non-ortho nitro benzene ring substituents is 1. The SMILES string of the molecule is O=C(COC(=O)c1c2c(nc3ccccc13)CCCC2)Nc1ccc([N+](=O)[O-])cc1. The smallest absolute Gasteiger partial charge is 0.339 e. The molecule has 0 unspecified atom stereocenters. The van der Waals surface area contributed by atoms with Gasteiger partial charge in [-0.05, 0) is 49.4 Å². The Morgan fingerprint density at radius 1 is 1.07 bits per heavy atom. The van der Waals surface area contributed by atoms with Gasteiger partial charge < -0.3 is 10.1 Å². The van der Waals surface area contributed by atoms with Gasteiger partial charge in [-0.1, -0.05) is 18.2 Å². The molecule has 1 N–H and O–H groups in total. The molecule has 1 amide bonds. The van der Waals surface area contributed by atoms with E-state index in [0.717, 1.165) is 47.8 Å². The zero-order valence-electron chi connectivity index (χ0n) is 16.1. The van der Waals surface area contributed by atoms with Gasteiger partial charge in [0.15, 0.2) is 6.61 Å². The van der Waals surface area contributed by atoms with Crippen LogP contribution in [0.3, 0.4) is 0 Å². The second kappa shape index (κ2) is 8.28. The predicted molar refractivity (Wildman–Crippen MR) is 110 cm³/mol. The Hall–Kier alpha value is -3.81. The Labute approximate surface area is 172 Å². The summed E-state index contributed by atoms with van der Waals surface area (Å²) in [7, 11) is 0. The molecule has 3 aromatic rings. The highest BCUT2D eigenvalue weighted by Gasteiger charge is 2.24. The molecule has 0 spiro atoms. The first-order chi connectivity index (χ1) is 14.5. The molecular formula is C22H19N3O5. The Balaban J connectivity index is 1.49. The van der Waals surface area contributed by atoms with Gasteiger partial charge in [0, 0.05) is 28.9 Å². The Morgan fingerprint density at radius 3 is 2.57 bits per heavy atom. The van der Waals surface area contributed by atoms with Gasteiger partial charge in [0.05, 0.1) is 16.0 Å². The minimum Gasteiger partial charge on any atom is -0.452 e. The molecule has 0 radical (unpaired) electrons. The number of fused-ring (bicyclic) bond motifs is 2. The Morgan fingerprint density at radius 2 is 1.80 bits per heavy atom. The highest BCUT2D eigenvalue weighted by Crippen LogP contribution is 2.29. The lowest BCUT2D eigenvalue weighted by molar-refractivity contribution is -0.384. The number of pyridine rings is 1. The molecule has 30 heavy (non-hydrogen) atoms. The quantitative estimate of drug-likeness (QED) is 0.392. The van der Waals surface area contributed by atoms with Crippen LogP contribution >= 0.6 is 0 Å². The Bertz CT molecular complexity index is 1140. The minimum atomic E-state index is -0.550. The summed E-state index contributed by atoms with van der Waals surface area (Å²) in [4.78, 5) is 40.0. The van der Waals surface area contributed by atoms with Gasteiger partial charge in [0.1, 0.15) is 0 Å². The molecule has 0 atom stereocenters. The number of nitrogens with one attached hydrogen (secondary N) is 1. The number of hydrogen-bond donors (Lipinski definition) is 1. The summed E-state index contributed by atoms with van der Waals surface area (Å²) < 4.78 is 5.31. The number of amides is 1. The van der Waals surface area contributed by atoms with Crippen molar-refractivity contribution in [3.05, 3.63) is 75.5 Å². The topological polar surface area (TPSA) is 111 Å². The molecule has 0 bridgehead atoms. The number of anilines is 1. The average molecular weight is 405 g/mol. The molecule has 8 heteroatoms. The van der Waals surface area contributed by atoms with Crippen molar-refractivity contribution in [1.29, 1.82) is 0 Å². The number of nitro benzene ring substituents is 1. The lowest BCUT2D eigenvalue weighted by Crippen LogP contribution is -2.22. The van der Waals surface area contributed by atoms with Gasteiger partial charge >= 0.3 is 5.97 Å². The van der Waals surface area contributed by atoms with Crippen molar-refractivity contribution in [2.45, 2.75) is 25.7 Å². The van der Waals surface area contributed by atoms with Crippen molar-refractivity contribution in [1.82, 2.24) is 4.98 Å². The molecule has 1 heterocycles. The summed E-state index contributed by atoms with van der Waals surface area (Å²) in [5, 5.41) is 14.0. The van der Waals surface area contributed by atoms with Crippen molar-refractivity contribution >= 4 is 34.2 Å². The van der Waals surface area contributed by atoms with E-state index in [-0.39, 0.29) is 5.69 Å². The maximum atomic E-state index is 12.9. The van der Waals surface area contributed by atoms with E-state index in [1.54, 1.807) is 0 Å². The molecule has 1 aliphatic rings. The third-order valence-corrected chi connectivity index (χ3v) is 5.07. The summed E-state index contributed by atoms with van der Waals surface area (Å²) in [6.07, 6.45) is 3.59. The van der Waals surface area contributed by atoms with Gasteiger partial charge in [0.2, 0.25) is 0 Å². The number of rotatable bonds is 5. The second-order valence-corrected chi connectivity index (χ2v) is 7.06. The monoisotopic (exact) mass is 405 g/mol. The molecule has 152 valence electrons. The first kappa shape index (κ1) is 19.5. The van der Waals surface area contributed by atoms with Gasteiger partial charge in [-0.25, -0.2) is 4.79 Å². The molecule has 0 aliphatic heterocycles. The van der Waals surface area contributed by atoms with Crippen molar-refractivity contribution in [3.8, 4) is 0 Å². The van der Waals surface area contributed by atoms with Crippen LogP contribution in [0, 0.1) is 10.1 Å². The fourth-order valence-corrected chi connectivity index (χ4v) is 3.67. The highest BCUT2D eigenvalue weighted by molar-refractivity contribution is 6.06. The van der Waals surface area contributed by atoms with E-state index in [0.29, 0.717) is 11.3 Å². The normalized spacial score (nSPS) is 12.8. The van der Waals surface area contributed by atoms with Gasteiger partial charge in [0.25, 0.3) is 11.6 Å². The molecular weight excluding hydrogens is 386 g/mol. The molecule has 2 aromatic carbocycles. The van der Waals surface area contributed by atoms with Crippen molar-refractivity contribution in [3.63, 3.8) is 0 Å². The zero-order valence-corrected chi connectivity index (χ0v) is 16.1. The molecule has 0 fully saturated rings. The van der Waals surface area contributed by atoms with E-state index in [2.05, 4.69) is 5.32 Å². The molecule has 0 saturated carbocycles. The predicted octanol–water partition coefficient (Wildman–Crippen LogP) is 3.82. The number of aryl methyl sites for hydroxylation is 1. The summed E-state index contributed by atoms with van der Waals surface area (Å²) >= 11 is 0. The minimum absolute atomic E-state index is 0.0752. The van der Waals surface area contributed by atoms with Crippen LogP contribution in [-0.4, -0.2) is 28.4 Å². The number of carbonyl (C=O) groups is 2. The summed E-state index contributed by atoms with van der Waals surface area (Å²) in [6.45, 7) is -0.457. The van der Waals surface area contributed by atoms with Gasteiger partial charge in [-0.2, -0.15) is 0 Å². The average Bonchev–Trinajstić information content (AvgIpc) is 2.76. The number of nitrogens with zero attached hydrogens (tertiary/aromatic N) is 2. The number of esters is 1. The molecule has 4 rings (SSSR count). The first-order valence-electron chi connectivity index (χ1n) is 9.65. The second-order valence-electron chi connectivity index (χ2n) is 7.06. The number of para-hydroxylation sites is 1. The maximum Gasteiger partial charge on any atom is 0.339 e. The molecule has 8 nitrogen and oxygen atoms in total. The molecule has 1 aromatic heterocycles. The number of benzene rings is 2. The van der Waals surface area contributed by atoms with Crippen molar-refractivity contribution in [2.75, 3.05) is 11.9 Å². The molecule has 1 aliphatic carbocycles. The lowest BCUT2D eigenvalue weighted by Gasteiger charge is -2.19. The maximum absolute atomic E-state index is 12.9. The number of aromatic nitrogens is 1. The van der Waals surface area contributed by atoms with Crippen LogP contribution < -0.4 is 5.32 Å². The van der Waals surface area contributed by atoms with E-state index < -0.39 is 23.4 Å². The number of carbonyl (C=O) groups excluding carboxylic acids is 2. The van der Waals surface area contributed by atoms with Crippen LogP contribution in [0.4, 0.5) is 11.4 Å². The Kier molecular flexibility index (Phi) is 5.38. The van der Waals surface area contributed by atoms with E-state index in [4.69, 9.17) is 9.72 Å². The first-order valence-corrected chi connectivity index (χ1v) is 9.65. The van der Waals surface area contributed by atoms with E-state index in [9.17, 15) is 19.7 Å². The van der Waals surface area contributed by atoms with Crippen molar-refractivity contribution in [2.24, 2.45) is 0 Å². The largest absolute Gasteiger partial charge is 0.452 e. The van der Waals surface area contributed by atoms with E-state index >= 15 is 0 Å². The summed E-state index contributed by atoms with van der Waals surface area (Å²) in [5.74, 6) is -1.07.